The van der Waals surface area contributed by atoms with E-state index in [1.165, 1.54) is 12.8 Å². The number of unbranched alkanes of at least 4 members (excludes halogenated alkanes) is 1. The molecule has 0 saturated carbocycles. The molecule has 1 saturated heterocycles. The number of nitrogens with zero attached hydrogens (tertiary/aromatic N) is 4. The van der Waals surface area contributed by atoms with Crippen molar-refractivity contribution < 1.29 is 9.15 Å². The van der Waals surface area contributed by atoms with Gasteiger partial charge in [-0.2, -0.15) is 10.1 Å². The minimum absolute atomic E-state index is 0.494. The highest BCUT2D eigenvalue weighted by atomic mass is 16.5. The van der Waals surface area contributed by atoms with Gasteiger partial charge in [0.1, 0.15) is 11.3 Å². The van der Waals surface area contributed by atoms with Gasteiger partial charge in [-0.15, -0.1) is 0 Å². The van der Waals surface area contributed by atoms with Gasteiger partial charge in [0, 0.05) is 31.6 Å². The zero-order chi connectivity index (χ0) is 25.0. The molecule has 0 aliphatic carbocycles. The van der Waals surface area contributed by atoms with Gasteiger partial charge in [-0.1, -0.05) is 77.8 Å². The topological polar surface area (TPSA) is 92.1 Å². The van der Waals surface area contributed by atoms with Crippen molar-refractivity contribution in [3.05, 3.63) is 48.2 Å². The van der Waals surface area contributed by atoms with Crippen molar-refractivity contribution in [3.8, 4) is 11.3 Å². The first-order valence-electron chi connectivity index (χ1n) is 12.7. The van der Waals surface area contributed by atoms with Gasteiger partial charge in [-0.05, 0) is 5.56 Å². The highest BCUT2D eigenvalue weighted by Crippen LogP contribution is 2.30. The summed E-state index contributed by atoms with van der Waals surface area (Å²) in [5.74, 6) is 2.84. The van der Waals surface area contributed by atoms with E-state index >= 15 is 0 Å². The molecular weight excluding hydrogens is 440 g/mol. The van der Waals surface area contributed by atoms with E-state index in [2.05, 4.69) is 46.2 Å². The van der Waals surface area contributed by atoms with Crippen LogP contribution in [-0.4, -0.2) is 46.5 Å². The number of aromatic amines is 1. The molecule has 0 spiro atoms. The maximum absolute atomic E-state index is 6.01. The number of anilines is 3. The van der Waals surface area contributed by atoms with Gasteiger partial charge in [-0.25, -0.2) is 4.98 Å². The number of hydrogen-bond acceptors (Lipinski definition) is 7. The number of benzene rings is 1. The Kier molecular flexibility index (Phi) is 10.1. The summed E-state index contributed by atoms with van der Waals surface area (Å²) in [5, 5.41) is 10.6. The van der Waals surface area contributed by atoms with Crippen LogP contribution in [0, 0.1) is 0 Å². The summed E-state index contributed by atoms with van der Waals surface area (Å²) in [5.41, 5.74) is 3.51. The minimum Gasteiger partial charge on any atom is -0.455 e. The largest absolute Gasteiger partial charge is 0.455 e. The molecule has 188 valence electrons. The van der Waals surface area contributed by atoms with E-state index < -0.39 is 0 Å². The van der Waals surface area contributed by atoms with Crippen molar-refractivity contribution in [2.45, 2.75) is 53.9 Å². The molecule has 0 bridgehead atoms. The SMILES string of the molecule is CC.CCCC.CCc1cc2nc(Nc3cc(-c4ccccc4)[nH]n3)nc(N3CCOCC3)c2o1. The van der Waals surface area contributed by atoms with E-state index in [1.807, 2.05) is 56.3 Å². The average molecular weight is 479 g/mol. The lowest BCUT2D eigenvalue weighted by molar-refractivity contribution is 0.122. The van der Waals surface area contributed by atoms with Crippen LogP contribution in [0.2, 0.25) is 0 Å². The van der Waals surface area contributed by atoms with Gasteiger partial charge in [0.2, 0.25) is 5.95 Å². The van der Waals surface area contributed by atoms with Gasteiger partial charge < -0.3 is 19.4 Å². The van der Waals surface area contributed by atoms with Crippen molar-refractivity contribution in [2.75, 3.05) is 36.5 Å². The standard InChI is InChI=1S/C21H22N6O2.C4H10.C2H6/c1-2-15-12-17-19(29-15)20(27-8-10-28-11-9-27)24-21(22-17)23-18-13-16(25-26-18)14-6-4-3-5-7-14;1-3-4-2;1-2/h3-7,12-13H,2,8-11H2,1H3,(H2,22,23,24,25,26);3-4H2,1-2H3;1-2H3. The van der Waals surface area contributed by atoms with Crippen molar-refractivity contribution in [3.63, 3.8) is 0 Å². The summed E-state index contributed by atoms with van der Waals surface area (Å²) < 4.78 is 11.5. The summed E-state index contributed by atoms with van der Waals surface area (Å²) in [6.45, 7) is 13.3. The van der Waals surface area contributed by atoms with Crippen LogP contribution in [0.1, 0.15) is 53.2 Å². The molecule has 2 N–H and O–H groups in total. The van der Waals surface area contributed by atoms with Gasteiger partial charge in [0.25, 0.3) is 0 Å². The van der Waals surface area contributed by atoms with Crippen molar-refractivity contribution in [1.29, 1.82) is 0 Å². The van der Waals surface area contributed by atoms with Crippen LogP contribution in [-0.2, 0) is 11.2 Å². The van der Waals surface area contributed by atoms with Crippen molar-refractivity contribution in [2.24, 2.45) is 0 Å². The summed E-state index contributed by atoms with van der Waals surface area (Å²) in [6, 6.07) is 14.0. The maximum atomic E-state index is 6.01. The molecule has 8 heteroatoms. The Morgan fingerprint density at radius 1 is 0.971 bits per heavy atom. The number of aryl methyl sites for hydroxylation is 1. The maximum Gasteiger partial charge on any atom is 0.231 e. The molecule has 0 amide bonds. The number of rotatable bonds is 6. The fraction of sp³-hybridized carbons (Fsp3) is 0.444. The molecule has 4 heterocycles. The van der Waals surface area contributed by atoms with Crippen molar-refractivity contribution in [1.82, 2.24) is 20.2 Å². The number of fused-ring (bicyclic) bond motifs is 1. The average Bonchev–Trinajstić information content (AvgIpc) is 3.57. The lowest BCUT2D eigenvalue weighted by Crippen LogP contribution is -2.37. The van der Waals surface area contributed by atoms with E-state index in [4.69, 9.17) is 14.1 Å². The second-order valence-electron chi connectivity index (χ2n) is 7.91. The minimum atomic E-state index is 0.494. The quantitative estimate of drug-likeness (QED) is 0.323. The Bertz CT molecular complexity index is 1150. The molecule has 4 aromatic rings. The van der Waals surface area contributed by atoms with Crippen LogP contribution in [0.25, 0.3) is 22.4 Å². The predicted molar refractivity (Wildman–Crippen MR) is 143 cm³/mol. The van der Waals surface area contributed by atoms with Crippen molar-refractivity contribution >= 4 is 28.7 Å². The molecule has 0 unspecified atom stereocenters. The summed E-state index contributed by atoms with van der Waals surface area (Å²) in [4.78, 5) is 11.6. The Morgan fingerprint density at radius 3 is 2.34 bits per heavy atom. The molecule has 5 rings (SSSR count). The van der Waals surface area contributed by atoms with Gasteiger partial charge in [-0.3, -0.25) is 5.10 Å². The molecule has 1 aliphatic rings. The number of hydrogen-bond donors (Lipinski definition) is 2. The predicted octanol–water partition coefficient (Wildman–Crippen LogP) is 6.59. The van der Waals surface area contributed by atoms with Gasteiger partial charge in [0.05, 0.1) is 18.9 Å². The number of nitrogens with one attached hydrogen (secondary N) is 2. The smallest absolute Gasteiger partial charge is 0.231 e. The second-order valence-corrected chi connectivity index (χ2v) is 7.91. The Hall–Kier alpha value is -3.39. The Labute approximate surface area is 208 Å². The third-order valence-corrected chi connectivity index (χ3v) is 5.47. The molecule has 0 radical (unpaired) electrons. The van der Waals surface area contributed by atoms with E-state index in [9.17, 15) is 0 Å². The first kappa shape index (κ1) is 26.2. The van der Waals surface area contributed by atoms with Gasteiger partial charge >= 0.3 is 0 Å². The number of ether oxygens (including phenoxy) is 1. The lowest BCUT2D eigenvalue weighted by atomic mass is 10.2. The third kappa shape index (κ3) is 6.82. The van der Waals surface area contributed by atoms with Crippen LogP contribution < -0.4 is 10.2 Å². The zero-order valence-electron chi connectivity index (χ0n) is 21.6. The monoisotopic (exact) mass is 478 g/mol. The molecule has 35 heavy (non-hydrogen) atoms. The van der Waals surface area contributed by atoms with E-state index in [1.54, 1.807) is 0 Å². The molecule has 8 nitrogen and oxygen atoms in total. The summed E-state index contributed by atoms with van der Waals surface area (Å²) >= 11 is 0. The number of furan rings is 1. The van der Waals surface area contributed by atoms with Crippen LogP contribution in [0.5, 0.6) is 0 Å². The first-order valence-corrected chi connectivity index (χ1v) is 12.7. The Morgan fingerprint density at radius 2 is 1.69 bits per heavy atom. The van der Waals surface area contributed by atoms with E-state index in [0.717, 1.165) is 53.4 Å². The number of aromatic nitrogens is 4. The molecule has 1 fully saturated rings. The molecule has 1 aromatic carbocycles. The lowest BCUT2D eigenvalue weighted by Gasteiger charge is -2.27. The van der Waals surface area contributed by atoms with Crippen LogP contribution >= 0.6 is 0 Å². The van der Waals surface area contributed by atoms with Crippen LogP contribution in [0.15, 0.2) is 46.9 Å². The first-order chi connectivity index (χ1) is 17.2. The highest BCUT2D eigenvalue weighted by molar-refractivity contribution is 5.86. The molecule has 3 aromatic heterocycles. The van der Waals surface area contributed by atoms with E-state index in [0.29, 0.717) is 25.0 Å². The Balaban J connectivity index is 0.000000521. The normalized spacial score (nSPS) is 13.0. The highest BCUT2D eigenvalue weighted by Gasteiger charge is 2.21. The van der Waals surface area contributed by atoms with Gasteiger partial charge in [0.15, 0.2) is 17.2 Å². The zero-order valence-corrected chi connectivity index (χ0v) is 21.6. The summed E-state index contributed by atoms with van der Waals surface area (Å²) in [6.07, 6.45) is 3.45. The second kappa shape index (κ2) is 13.5. The summed E-state index contributed by atoms with van der Waals surface area (Å²) in [7, 11) is 0. The fourth-order valence-electron chi connectivity index (χ4n) is 3.45. The number of H-pyrrole nitrogens is 1. The van der Waals surface area contributed by atoms with Crippen LogP contribution in [0.4, 0.5) is 17.6 Å². The third-order valence-electron chi connectivity index (χ3n) is 5.47. The number of morpholine rings is 1. The van der Waals surface area contributed by atoms with Crippen LogP contribution in [0.3, 0.4) is 0 Å². The fourth-order valence-corrected chi connectivity index (χ4v) is 3.45. The molecule has 1 aliphatic heterocycles. The van der Waals surface area contributed by atoms with E-state index in [-0.39, 0.29) is 0 Å². The molecule has 0 atom stereocenters. The molecular formula is C27H38N6O2.